The van der Waals surface area contributed by atoms with Crippen molar-refractivity contribution in [3.8, 4) is 0 Å². The Morgan fingerprint density at radius 1 is 1.24 bits per heavy atom. The highest BCUT2D eigenvalue weighted by Gasteiger charge is 2.11. The van der Waals surface area contributed by atoms with Crippen molar-refractivity contribution in [3.63, 3.8) is 0 Å². The molecule has 0 bridgehead atoms. The van der Waals surface area contributed by atoms with Gasteiger partial charge in [0, 0.05) is 26.1 Å². The molecule has 0 heterocycles. The second-order valence-corrected chi connectivity index (χ2v) is 4.15. The van der Waals surface area contributed by atoms with Gasteiger partial charge in [-0.1, -0.05) is 6.07 Å². The first kappa shape index (κ1) is 16.4. The van der Waals surface area contributed by atoms with Crippen molar-refractivity contribution in [1.29, 1.82) is 0 Å². The molecule has 0 aliphatic heterocycles. The number of amides is 2. The average Bonchev–Trinajstić information content (AvgIpc) is 2.41. The van der Waals surface area contributed by atoms with Gasteiger partial charge in [0.1, 0.15) is 5.82 Å². The Hall–Kier alpha value is -2.70. The summed E-state index contributed by atoms with van der Waals surface area (Å²) in [5.74, 6) is -2.72. The summed E-state index contributed by atoms with van der Waals surface area (Å²) in [4.78, 5) is 32.7. The van der Waals surface area contributed by atoms with E-state index < -0.39 is 17.7 Å². The molecule has 0 atom stereocenters. The lowest BCUT2D eigenvalue weighted by atomic mass is 10.1. The summed E-state index contributed by atoms with van der Waals surface area (Å²) in [5, 5.41) is 13.4. The second-order valence-electron chi connectivity index (χ2n) is 4.15. The molecule has 0 spiro atoms. The topological polar surface area (TPSA) is 95.5 Å². The van der Waals surface area contributed by atoms with Crippen LogP contribution in [0.3, 0.4) is 0 Å². The number of hydrogen-bond donors (Lipinski definition) is 3. The molecule has 1 rings (SSSR count). The van der Waals surface area contributed by atoms with Crippen molar-refractivity contribution in [1.82, 2.24) is 10.6 Å². The molecule has 0 saturated heterocycles. The van der Waals surface area contributed by atoms with Crippen molar-refractivity contribution in [3.05, 3.63) is 41.2 Å². The van der Waals surface area contributed by atoms with Crippen LogP contribution in [0.5, 0.6) is 0 Å². The molecular formula is C14H15FN2O4. The second kappa shape index (κ2) is 7.78. The Morgan fingerprint density at radius 2 is 1.90 bits per heavy atom. The van der Waals surface area contributed by atoms with Crippen molar-refractivity contribution < 1.29 is 23.9 Å². The highest BCUT2D eigenvalue weighted by molar-refractivity contribution is 5.94. The predicted octanol–water partition coefficient (Wildman–Crippen LogP) is 0.789. The minimum Gasteiger partial charge on any atom is -0.478 e. The standard InChI is InChI=1S/C14H15FN2O4/c1-9(18)16-6-7-17-14(21)11-4-2-10(8-12(11)15)3-5-13(19)20/h2-5,8H,6-7H2,1H3,(H,16,18)(H,17,21)(H,19,20). The number of halogens is 1. The molecule has 0 aliphatic carbocycles. The molecule has 0 fully saturated rings. The van der Waals surface area contributed by atoms with Gasteiger partial charge in [-0.05, 0) is 23.8 Å². The average molecular weight is 294 g/mol. The van der Waals surface area contributed by atoms with Crippen molar-refractivity contribution in [2.24, 2.45) is 0 Å². The highest BCUT2D eigenvalue weighted by Crippen LogP contribution is 2.11. The minimum atomic E-state index is -1.14. The van der Waals surface area contributed by atoms with E-state index in [-0.39, 0.29) is 24.6 Å². The normalized spacial score (nSPS) is 10.4. The zero-order chi connectivity index (χ0) is 15.8. The van der Waals surface area contributed by atoms with E-state index in [2.05, 4.69) is 10.6 Å². The monoisotopic (exact) mass is 294 g/mol. The molecule has 7 heteroatoms. The van der Waals surface area contributed by atoms with E-state index in [0.717, 1.165) is 12.1 Å². The maximum atomic E-state index is 13.8. The fraction of sp³-hybridized carbons (Fsp3) is 0.214. The Kier molecular flexibility index (Phi) is 6.06. The summed E-state index contributed by atoms with van der Waals surface area (Å²) in [6.07, 6.45) is 2.10. The Labute approximate surface area is 120 Å². The SMILES string of the molecule is CC(=O)NCCNC(=O)c1ccc(C=CC(=O)O)cc1F. The van der Waals surface area contributed by atoms with Gasteiger partial charge in [0.15, 0.2) is 0 Å². The molecule has 21 heavy (non-hydrogen) atoms. The first-order valence-corrected chi connectivity index (χ1v) is 6.13. The van der Waals surface area contributed by atoms with Crippen LogP contribution < -0.4 is 10.6 Å². The van der Waals surface area contributed by atoms with Crippen LogP contribution in [0.1, 0.15) is 22.8 Å². The molecule has 0 aromatic heterocycles. The van der Waals surface area contributed by atoms with Gasteiger partial charge in [0.25, 0.3) is 5.91 Å². The number of carbonyl (C=O) groups is 3. The first-order valence-electron chi connectivity index (χ1n) is 6.13. The van der Waals surface area contributed by atoms with E-state index >= 15 is 0 Å². The van der Waals surface area contributed by atoms with Gasteiger partial charge < -0.3 is 15.7 Å². The van der Waals surface area contributed by atoms with Crippen LogP contribution in [0.25, 0.3) is 6.08 Å². The molecule has 0 unspecified atom stereocenters. The molecule has 1 aromatic carbocycles. The molecule has 0 saturated carbocycles. The number of benzene rings is 1. The van der Waals surface area contributed by atoms with Crippen LogP contribution in [-0.4, -0.2) is 36.0 Å². The maximum absolute atomic E-state index is 13.8. The summed E-state index contributed by atoms with van der Waals surface area (Å²) in [6, 6.07) is 3.78. The van der Waals surface area contributed by atoms with Crippen LogP contribution in [0, 0.1) is 5.82 Å². The first-order chi connectivity index (χ1) is 9.90. The Balaban J connectivity index is 2.64. The van der Waals surface area contributed by atoms with E-state index in [1.165, 1.54) is 25.1 Å². The van der Waals surface area contributed by atoms with Gasteiger partial charge in [-0.2, -0.15) is 0 Å². The summed E-state index contributed by atoms with van der Waals surface area (Å²) < 4.78 is 13.8. The zero-order valence-corrected chi connectivity index (χ0v) is 11.4. The molecule has 112 valence electrons. The van der Waals surface area contributed by atoms with E-state index in [4.69, 9.17) is 5.11 Å². The number of rotatable bonds is 6. The summed E-state index contributed by atoms with van der Waals surface area (Å²) in [5.41, 5.74) is 0.190. The number of hydrogen-bond acceptors (Lipinski definition) is 3. The van der Waals surface area contributed by atoms with Crippen LogP contribution in [0.2, 0.25) is 0 Å². The summed E-state index contributed by atoms with van der Waals surface area (Å²) in [6.45, 7) is 1.78. The molecule has 0 radical (unpaired) electrons. The Bertz CT molecular complexity index is 584. The van der Waals surface area contributed by atoms with Gasteiger partial charge in [-0.3, -0.25) is 9.59 Å². The lowest BCUT2D eigenvalue weighted by Crippen LogP contribution is -2.34. The van der Waals surface area contributed by atoms with E-state index in [1.54, 1.807) is 0 Å². The fourth-order valence-corrected chi connectivity index (χ4v) is 1.50. The third-order valence-corrected chi connectivity index (χ3v) is 2.44. The minimum absolute atomic E-state index is 0.148. The van der Waals surface area contributed by atoms with Crippen LogP contribution in [-0.2, 0) is 9.59 Å². The van der Waals surface area contributed by atoms with Crippen molar-refractivity contribution >= 4 is 23.9 Å². The third kappa shape index (κ3) is 5.85. The van der Waals surface area contributed by atoms with Crippen LogP contribution in [0.4, 0.5) is 4.39 Å². The van der Waals surface area contributed by atoms with Crippen LogP contribution >= 0.6 is 0 Å². The van der Waals surface area contributed by atoms with Gasteiger partial charge in [-0.25, -0.2) is 9.18 Å². The summed E-state index contributed by atoms with van der Waals surface area (Å²) in [7, 11) is 0. The molecule has 1 aromatic rings. The largest absolute Gasteiger partial charge is 0.478 e. The quantitative estimate of drug-likeness (QED) is 0.534. The molecule has 0 aliphatic rings. The highest BCUT2D eigenvalue weighted by atomic mass is 19.1. The van der Waals surface area contributed by atoms with Crippen molar-refractivity contribution in [2.75, 3.05) is 13.1 Å². The zero-order valence-electron chi connectivity index (χ0n) is 11.4. The lowest BCUT2D eigenvalue weighted by Gasteiger charge is -2.07. The fourth-order valence-electron chi connectivity index (χ4n) is 1.50. The maximum Gasteiger partial charge on any atom is 0.328 e. The number of carbonyl (C=O) groups excluding carboxylic acids is 2. The van der Waals surface area contributed by atoms with Crippen molar-refractivity contribution in [2.45, 2.75) is 6.92 Å². The smallest absolute Gasteiger partial charge is 0.328 e. The number of nitrogens with one attached hydrogen (secondary N) is 2. The molecule has 2 amide bonds. The molecule has 6 nitrogen and oxygen atoms in total. The third-order valence-electron chi connectivity index (χ3n) is 2.44. The molecular weight excluding hydrogens is 279 g/mol. The van der Waals surface area contributed by atoms with Gasteiger partial charge in [0.05, 0.1) is 5.56 Å². The molecule has 3 N–H and O–H groups in total. The van der Waals surface area contributed by atoms with E-state index in [1.807, 2.05) is 0 Å². The lowest BCUT2D eigenvalue weighted by molar-refractivity contribution is -0.131. The van der Waals surface area contributed by atoms with Crippen LogP contribution in [0.15, 0.2) is 24.3 Å². The summed E-state index contributed by atoms with van der Waals surface area (Å²) >= 11 is 0. The number of carboxylic acid groups (broad SMARTS) is 1. The predicted molar refractivity (Wildman–Crippen MR) is 74.1 cm³/mol. The van der Waals surface area contributed by atoms with Gasteiger partial charge >= 0.3 is 5.97 Å². The van der Waals surface area contributed by atoms with Gasteiger partial charge in [-0.15, -0.1) is 0 Å². The Morgan fingerprint density at radius 3 is 2.48 bits per heavy atom. The number of aliphatic carboxylic acids is 1. The number of carboxylic acids is 1. The van der Waals surface area contributed by atoms with E-state index in [0.29, 0.717) is 5.56 Å². The van der Waals surface area contributed by atoms with Gasteiger partial charge in [0.2, 0.25) is 5.91 Å². The van der Waals surface area contributed by atoms with E-state index in [9.17, 15) is 18.8 Å².